The molecular weight excluding hydrogens is 452 g/mol. The van der Waals surface area contributed by atoms with E-state index in [0.717, 1.165) is 34.3 Å². The minimum atomic E-state index is 0.524. The van der Waals surface area contributed by atoms with Crippen LogP contribution in [0.5, 0.6) is 17.2 Å². The van der Waals surface area contributed by atoms with Gasteiger partial charge in [0, 0.05) is 5.39 Å². The topological polar surface area (TPSA) is 77.3 Å². The van der Waals surface area contributed by atoms with E-state index in [1.165, 1.54) is 0 Å². The zero-order chi connectivity index (χ0) is 25.2. The van der Waals surface area contributed by atoms with Gasteiger partial charge < -0.3 is 14.2 Å². The number of aromatic nitrogens is 1. The first-order chi connectivity index (χ1) is 17.7. The number of rotatable bonds is 10. The smallest absolute Gasteiger partial charge is 0.173 e. The number of hydrazone groups is 1. The van der Waals surface area contributed by atoms with Crippen LogP contribution in [-0.2, 0) is 0 Å². The van der Waals surface area contributed by atoms with Crippen LogP contribution in [0.1, 0.15) is 31.5 Å². The second-order valence-corrected chi connectivity index (χ2v) is 7.91. The fourth-order valence-electron chi connectivity index (χ4n) is 3.51. The highest BCUT2D eigenvalue weighted by Crippen LogP contribution is 2.27. The van der Waals surface area contributed by atoms with Gasteiger partial charge in [-0.15, -0.1) is 0 Å². The van der Waals surface area contributed by atoms with E-state index in [1.54, 1.807) is 13.3 Å². The molecule has 36 heavy (non-hydrogen) atoms. The monoisotopic (exact) mass is 482 g/mol. The number of para-hydroxylation sites is 1. The highest BCUT2D eigenvalue weighted by atomic mass is 16.5. The summed E-state index contributed by atoms with van der Waals surface area (Å²) in [7, 11) is 1.63. The lowest BCUT2D eigenvalue weighted by atomic mass is 10.2. The summed E-state index contributed by atoms with van der Waals surface area (Å²) in [5.74, 6) is 2.69. The van der Waals surface area contributed by atoms with Gasteiger partial charge in [-0.05, 0) is 73.5 Å². The Labute approximate surface area is 211 Å². The highest BCUT2D eigenvalue weighted by Gasteiger charge is 2.08. The minimum Gasteiger partial charge on any atom is -0.494 e. The van der Waals surface area contributed by atoms with Gasteiger partial charge >= 0.3 is 0 Å². The van der Waals surface area contributed by atoms with Gasteiger partial charge in [0.05, 0.1) is 37.7 Å². The van der Waals surface area contributed by atoms with E-state index < -0.39 is 0 Å². The van der Waals surface area contributed by atoms with Gasteiger partial charge in [-0.25, -0.2) is 9.98 Å². The molecule has 0 spiro atoms. The van der Waals surface area contributed by atoms with Crippen LogP contribution >= 0.6 is 0 Å². The molecule has 4 rings (SSSR count). The van der Waals surface area contributed by atoms with Gasteiger partial charge in [0.25, 0.3) is 0 Å². The van der Waals surface area contributed by atoms with Crippen LogP contribution < -0.4 is 19.6 Å². The van der Waals surface area contributed by atoms with Crippen molar-refractivity contribution in [1.29, 1.82) is 0 Å². The largest absolute Gasteiger partial charge is 0.494 e. The van der Waals surface area contributed by atoms with Crippen molar-refractivity contribution in [3.63, 3.8) is 0 Å². The highest BCUT2D eigenvalue weighted by molar-refractivity contribution is 6.00. The molecule has 0 atom stereocenters. The molecule has 0 aliphatic heterocycles. The summed E-state index contributed by atoms with van der Waals surface area (Å²) in [5.41, 5.74) is 6.25. The van der Waals surface area contributed by atoms with Gasteiger partial charge in [0.2, 0.25) is 0 Å². The average Bonchev–Trinajstić information content (AvgIpc) is 2.92. The number of aliphatic imine (C=N–C) groups is 1. The fraction of sp³-hybridized carbons (Fsp3) is 0.207. The molecule has 7 heteroatoms. The lowest BCUT2D eigenvalue weighted by Crippen LogP contribution is -2.20. The van der Waals surface area contributed by atoms with E-state index in [1.807, 2.05) is 85.8 Å². The Morgan fingerprint density at radius 1 is 0.917 bits per heavy atom. The molecule has 184 valence electrons. The number of benzene rings is 3. The molecule has 0 saturated heterocycles. The third kappa shape index (κ3) is 6.39. The van der Waals surface area contributed by atoms with E-state index in [4.69, 9.17) is 24.2 Å². The molecular formula is C29H30N4O3. The summed E-state index contributed by atoms with van der Waals surface area (Å²) in [4.78, 5) is 9.56. The molecule has 0 bridgehead atoms. The van der Waals surface area contributed by atoms with Crippen molar-refractivity contribution in [2.45, 2.75) is 20.3 Å². The molecule has 1 N–H and O–H groups in total. The molecule has 3 aromatic carbocycles. The maximum absolute atomic E-state index is 5.74. The van der Waals surface area contributed by atoms with Crippen molar-refractivity contribution in [3.8, 4) is 17.2 Å². The SMILES string of the molecule is CCCOc1ccc(C=NNC(=Nc2ccc(OCC)cc2)c2ccc3ccccc3n2)cc1OC. The van der Waals surface area contributed by atoms with Gasteiger partial charge in [0.1, 0.15) is 11.4 Å². The molecule has 0 amide bonds. The third-order valence-electron chi connectivity index (χ3n) is 5.26. The third-order valence-corrected chi connectivity index (χ3v) is 5.26. The summed E-state index contributed by atoms with van der Waals surface area (Å²) in [6.07, 6.45) is 2.64. The molecule has 0 unspecified atom stereocenters. The average molecular weight is 483 g/mol. The summed E-state index contributed by atoms with van der Waals surface area (Å²) < 4.78 is 16.8. The van der Waals surface area contributed by atoms with E-state index in [0.29, 0.717) is 36.2 Å². The Kier molecular flexibility index (Phi) is 8.48. The molecule has 0 aliphatic rings. The number of ether oxygens (including phenoxy) is 3. The van der Waals surface area contributed by atoms with Crippen LogP contribution in [0, 0.1) is 0 Å². The Hall–Kier alpha value is -4.39. The number of pyridine rings is 1. The number of hydrogen-bond donors (Lipinski definition) is 1. The standard InChI is InChI=1S/C29H30N4O3/c1-4-18-36-27-17-10-21(19-28(27)34-3)20-30-33-29(31-23-12-14-24(15-13-23)35-5-2)26-16-11-22-8-6-7-9-25(22)32-26/h6-17,19-20H,4-5,18H2,1-3H3,(H,31,33). The predicted octanol–water partition coefficient (Wildman–Crippen LogP) is 6.13. The Morgan fingerprint density at radius 2 is 1.75 bits per heavy atom. The summed E-state index contributed by atoms with van der Waals surface area (Å²) in [5, 5.41) is 5.50. The van der Waals surface area contributed by atoms with Crippen LogP contribution in [0.4, 0.5) is 5.69 Å². The van der Waals surface area contributed by atoms with Crippen molar-refractivity contribution in [2.75, 3.05) is 20.3 Å². The van der Waals surface area contributed by atoms with E-state index in [2.05, 4.69) is 17.5 Å². The minimum absolute atomic E-state index is 0.524. The van der Waals surface area contributed by atoms with Crippen LogP contribution in [0.2, 0.25) is 0 Å². The maximum Gasteiger partial charge on any atom is 0.173 e. The van der Waals surface area contributed by atoms with Gasteiger partial charge in [-0.1, -0.05) is 31.2 Å². The Balaban J connectivity index is 1.61. The molecule has 4 aromatic rings. The maximum atomic E-state index is 5.74. The first-order valence-electron chi connectivity index (χ1n) is 12.0. The number of hydrogen-bond acceptors (Lipinski definition) is 6. The van der Waals surface area contributed by atoms with Crippen LogP contribution in [0.3, 0.4) is 0 Å². The molecule has 0 aliphatic carbocycles. The number of nitrogens with one attached hydrogen (secondary N) is 1. The van der Waals surface area contributed by atoms with Crippen molar-refractivity contribution < 1.29 is 14.2 Å². The number of fused-ring (bicyclic) bond motifs is 1. The van der Waals surface area contributed by atoms with Crippen LogP contribution in [0.25, 0.3) is 10.9 Å². The van der Waals surface area contributed by atoms with Crippen molar-refractivity contribution in [2.24, 2.45) is 10.1 Å². The van der Waals surface area contributed by atoms with Crippen LogP contribution in [-0.4, -0.2) is 37.4 Å². The molecule has 1 heterocycles. The molecule has 0 saturated carbocycles. The van der Waals surface area contributed by atoms with Gasteiger partial charge in [-0.3, -0.25) is 5.43 Å². The number of nitrogens with zero attached hydrogens (tertiary/aromatic N) is 3. The normalized spacial score (nSPS) is 11.6. The van der Waals surface area contributed by atoms with Crippen molar-refractivity contribution in [1.82, 2.24) is 10.4 Å². The molecule has 0 radical (unpaired) electrons. The molecule has 0 fully saturated rings. The zero-order valence-electron chi connectivity index (χ0n) is 20.8. The lowest BCUT2D eigenvalue weighted by molar-refractivity contribution is 0.294. The second kappa shape index (κ2) is 12.4. The molecule has 7 nitrogen and oxygen atoms in total. The second-order valence-electron chi connectivity index (χ2n) is 7.91. The zero-order valence-corrected chi connectivity index (χ0v) is 20.8. The fourth-order valence-corrected chi connectivity index (χ4v) is 3.51. The van der Waals surface area contributed by atoms with E-state index >= 15 is 0 Å². The number of methoxy groups -OCH3 is 1. The van der Waals surface area contributed by atoms with Crippen molar-refractivity contribution in [3.05, 3.63) is 90.1 Å². The quantitative estimate of drug-likeness (QED) is 0.167. The first-order valence-corrected chi connectivity index (χ1v) is 12.0. The van der Waals surface area contributed by atoms with Gasteiger partial charge in [-0.2, -0.15) is 5.10 Å². The lowest BCUT2D eigenvalue weighted by Gasteiger charge is -2.10. The summed E-state index contributed by atoms with van der Waals surface area (Å²) >= 11 is 0. The summed E-state index contributed by atoms with van der Waals surface area (Å²) in [6.45, 7) is 5.27. The van der Waals surface area contributed by atoms with Crippen LogP contribution in [0.15, 0.2) is 89.0 Å². The number of amidine groups is 1. The van der Waals surface area contributed by atoms with E-state index in [-0.39, 0.29) is 0 Å². The Bertz CT molecular complexity index is 1350. The summed E-state index contributed by atoms with van der Waals surface area (Å²) in [6, 6.07) is 25.2. The predicted molar refractivity (Wildman–Crippen MR) is 145 cm³/mol. The van der Waals surface area contributed by atoms with Gasteiger partial charge in [0.15, 0.2) is 17.3 Å². The Morgan fingerprint density at radius 3 is 2.53 bits per heavy atom. The first kappa shape index (κ1) is 24.7. The molecule has 1 aromatic heterocycles. The van der Waals surface area contributed by atoms with Crippen molar-refractivity contribution >= 4 is 28.6 Å². The van der Waals surface area contributed by atoms with E-state index in [9.17, 15) is 0 Å².